The molecule has 0 aliphatic carbocycles. The molecule has 1 aromatic carbocycles. The lowest BCUT2D eigenvalue weighted by Gasteiger charge is -1.96. The molecule has 0 spiro atoms. The van der Waals surface area contributed by atoms with Crippen molar-refractivity contribution in [1.29, 1.82) is 0 Å². The summed E-state index contributed by atoms with van der Waals surface area (Å²) in [6, 6.07) is 9.73. The minimum atomic E-state index is 0.511. The average molecular weight is 188 g/mol. The molecule has 1 aromatic heterocycles. The lowest BCUT2D eigenvalue weighted by molar-refractivity contribution is 0.741. The second-order valence-electron chi connectivity index (χ2n) is 3.01. The number of para-hydroxylation sites is 1. The summed E-state index contributed by atoms with van der Waals surface area (Å²) >= 11 is 0. The summed E-state index contributed by atoms with van der Waals surface area (Å²) in [6.07, 6.45) is 0.804. The van der Waals surface area contributed by atoms with Crippen LogP contribution in [0.3, 0.4) is 0 Å². The molecular formula is C10H12N4. The quantitative estimate of drug-likeness (QED) is 0.775. The molecular weight excluding hydrogens is 176 g/mol. The Morgan fingerprint density at radius 3 is 2.50 bits per heavy atom. The Bertz CT molecular complexity index is 419. The highest BCUT2D eigenvalue weighted by Gasteiger charge is 2.05. The molecule has 0 radical (unpaired) electrons. The van der Waals surface area contributed by atoms with E-state index < -0.39 is 0 Å². The Morgan fingerprint density at radius 2 is 1.93 bits per heavy atom. The maximum absolute atomic E-state index is 5.69. The molecule has 2 N–H and O–H groups in total. The van der Waals surface area contributed by atoms with Gasteiger partial charge in [-0.15, -0.1) is 9.90 Å². The molecule has 0 saturated carbocycles. The predicted molar refractivity (Wildman–Crippen MR) is 55.1 cm³/mol. The van der Waals surface area contributed by atoms with Crippen LogP contribution in [-0.2, 0) is 6.42 Å². The number of nitrogens with zero attached hydrogens (tertiary/aromatic N) is 3. The molecule has 0 saturated heterocycles. The van der Waals surface area contributed by atoms with E-state index in [2.05, 4.69) is 10.2 Å². The average Bonchev–Trinajstić information content (AvgIpc) is 2.61. The molecule has 0 amide bonds. The molecule has 2 rings (SSSR count). The smallest absolute Gasteiger partial charge is 0.169 e. The molecule has 0 aliphatic rings. The van der Waals surface area contributed by atoms with Gasteiger partial charge in [0.1, 0.15) is 5.69 Å². The maximum atomic E-state index is 5.69. The van der Waals surface area contributed by atoms with Gasteiger partial charge in [-0.1, -0.05) is 25.1 Å². The summed E-state index contributed by atoms with van der Waals surface area (Å²) in [6.45, 7) is 2.01. The zero-order valence-corrected chi connectivity index (χ0v) is 8.01. The first-order valence-electron chi connectivity index (χ1n) is 4.58. The van der Waals surface area contributed by atoms with E-state index in [0.717, 1.165) is 17.8 Å². The van der Waals surface area contributed by atoms with Gasteiger partial charge in [0.25, 0.3) is 0 Å². The second kappa shape index (κ2) is 3.49. The van der Waals surface area contributed by atoms with E-state index in [1.54, 1.807) is 4.80 Å². The van der Waals surface area contributed by atoms with Crippen molar-refractivity contribution in [3.8, 4) is 5.69 Å². The van der Waals surface area contributed by atoms with E-state index in [1.165, 1.54) is 0 Å². The molecule has 0 atom stereocenters. The standard InChI is InChI=1S/C10H12N4/c1-2-9-10(11)13-14(12-9)8-6-4-3-5-7-8/h3-7H,2H2,1H3,(H2,11,13). The van der Waals surface area contributed by atoms with Crippen LogP contribution in [0.15, 0.2) is 30.3 Å². The number of nitrogen functional groups attached to an aromatic ring is 1. The molecule has 0 bridgehead atoms. The number of aromatic nitrogens is 3. The van der Waals surface area contributed by atoms with Gasteiger partial charge in [-0.25, -0.2) is 0 Å². The third-order valence-electron chi connectivity index (χ3n) is 2.04. The lowest BCUT2D eigenvalue weighted by Crippen LogP contribution is -1.98. The fraction of sp³-hybridized carbons (Fsp3) is 0.200. The van der Waals surface area contributed by atoms with Gasteiger partial charge in [-0.05, 0) is 18.6 Å². The number of rotatable bonds is 2. The largest absolute Gasteiger partial charge is 0.381 e. The van der Waals surface area contributed by atoms with Crippen molar-refractivity contribution in [2.75, 3.05) is 5.73 Å². The Balaban J connectivity index is 2.43. The van der Waals surface area contributed by atoms with Gasteiger partial charge >= 0.3 is 0 Å². The molecule has 4 nitrogen and oxygen atoms in total. The molecule has 2 aromatic rings. The molecule has 0 fully saturated rings. The summed E-state index contributed by atoms with van der Waals surface area (Å²) in [5.41, 5.74) is 7.47. The Morgan fingerprint density at radius 1 is 1.21 bits per heavy atom. The van der Waals surface area contributed by atoms with E-state index >= 15 is 0 Å². The van der Waals surface area contributed by atoms with Crippen molar-refractivity contribution in [3.63, 3.8) is 0 Å². The number of nitrogens with two attached hydrogens (primary N) is 1. The predicted octanol–water partition coefficient (Wildman–Crippen LogP) is 1.41. The Labute approximate surface area is 82.4 Å². The molecule has 4 heteroatoms. The fourth-order valence-corrected chi connectivity index (χ4v) is 1.28. The minimum absolute atomic E-state index is 0.511. The molecule has 0 unspecified atom stereocenters. The van der Waals surface area contributed by atoms with Crippen molar-refractivity contribution in [3.05, 3.63) is 36.0 Å². The number of benzene rings is 1. The van der Waals surface area contributed by atoms with Crippen LogP contribution in [0.5, 0.6) is 0 Å². The zero-order valence-electron chi connectivity index (χ0n) is 8.01. The first kappa shape index (κ1) is 8.74. The third kappa shape index (κ3) is 1.46. The molecule has 14 heavy (non-hydrogen) atoms. The van der Waals surface area contributed by atoms with Gasteiger partial charge in [0.2, 0.25) is 0 Å². The molecule has 0 aliphatic heterocycles. The third-order valence-corrected chi connectivity index (χ3v) is 2.04. The molecule has 72 valence electrons. The van der Waals surface area contributed by atoms with Gasteiger partial charge in [-0.3, -0.25) is 0 Å². The van der Waals surface area contributed by atoms with Gasteiger partial charge in [0, 0.05) is 0 Å². The van der Waals surface area contributed by atoms with E-state index in [9.17, 15) is 0 Å². The number of aryl methyl sites for hydroxylation is 1. The monoisotopic (exact) mass is 188 g/mol. The van der Waals surface area contributed by atoms with Crippen molar-refractivity contribution < 1.29 is 0 Å². The first-order valence-corrected chi connectivity index (χ1v) is 4.58. The van der Waals surface area contributed by atoms with E-state index in [0.29, 0.717) is 5.82 Å². The maximum Gasteiger partial charge on any atom is 0.169 e. The zero-order chi connectivity index (χ0) is 9.97. The first-order chi connectivity index (χ1) is 6.81. The lowest BCUT2D eigenvalue weighted by atomic mass is 10.3. The van der Waals surface area contributed by atoms with E-state index in [-0.39, 0.29) is 0 Å². The molecule has 1 heterocycles. The van der Waals surface area contributed by atoms with Crippen molar-refractivity contribution >= 4 is 5.82 Å². The van der Waals surface area contributed by atoms with Crippen LogP contribution < -0.4 is 5.73 Å². The summed E-state index contributed by atoms with van der Waals surface area (Å²) < 4.78 is 0. The number of anilines is 1. The van der Waals surface area contributed by atoms with Crippen LogP contribution in [0, 0.1) is 0 Å². The number of hydrogen-bond donors (Lipinski definition) is 1. The Kier molecular flexibility index (Phi) is 2.18. The van der Waals surface area contributed by atoms with Crippen LogP contribution in [0.2, 0.25) is 0 Å². The van der Waals surface area contributed by atoms with E-state index in [4.69, 9.17) is 5.73 Å². The van der Waals surface area contributed by atoms with Crippen molar-refractivity contribution in [1.82, 2.24) is 15.0 Å². The highest BCUT2D eigenvalue weighted by Crippen LogP contribution is 2.09. The van der Waals surface area contributed by atoms with Crippen LogP contribution in [-0.4, -0.2) is 15.0 Å². The highest BCUT2D eigenvalue weighted by molar-refractivity contribution is 5.36. The number of hydrogen-bond acceptors (Lipinski definition) is 3. The second-order valence-corrected chi connectivity index (χ2v) is 3.01. The summed E-state index contributed by atoms with van der Waals surface area (Å²) in [5.74, 6) is 0.511. The van der Waals surface area contributed by atoms with E-state index in [1.807, 2.05) is 37.3 Å². The summed E-state index contributed by atoms with van der Waals surface area (Å²) in [7, 11) is 0. The van der Waals surface area contributed by atoms with Gasteiger partial charge in [-0.2, -0.15) is 5.10 Å². The van der Waals surface area contributed by atoms with Gasteiger partial charge in [0.05, 0.1) is 5.69 Å². The minimum Gasteiger partial charge on any atom is -0.381 e. The van der Waals surface area contributed by atoms with Crippen LogP contribution in [0.25, 0.3) is 5.69 Å². The van der Waals surface area contributed by atoms with Crippen LogP contribution >= 0.6 is 0 Å². The van der Waals surface area contributed by atoms with Crippen molar-refractivity contribution in [2.24, 2.45) is 0 Å². The SMILES string of the molecule is CCc1nn(-c2ccccc2)nc1N. The van der Waals surface area contributed by atoms with Gasteiger partial charge < -0.3 is 5.73 Å². The highest BCUT2D eigenvalue weighted by atomic mass is 15.5. The van der Waals surface area contributed by atoms with Gasteiger partial charge in [0.15, 0.2) is 5.82 Å². The Hall–Kier alpha value is -1.84. The fourth-order valence-electron chi connectivity index (χ4n) is 1.28. The normalized spacial score (nSPS) is 10.4. The van der Waals surface area contributed by atoms with Crippen molar-refractivity contribution in [2.45, 2.75) is 13.3 Å². The summed E-state index contributed by atoms with van der Waals surface area (Å²) in [5, 5.41) is 8.41. The van der Waals surface area contributed by atoms with Crippen LogP contribution in [0.4, 0.5) is 5.82 Å². The van der Waals surface area contributed by atoms with Crippen LogP contribution in [0.1, 0.15) is 12.6 Å². The topological polar surface area (TPSA) is 56.7 Å². The summed E-state index contributed by atoms with van der Waals surface area (Å²) in [4.78, 5) is 1.56.